The number of carbonyl (C=O) groups is 1. The Morgan fingerprint density at radius 2 is 1.87 bits per heavy atom. The van der Waals surface area contributed by atoms with E-state index in [1.807, 2.05) is 24.3 Å². The van der Waals surface area contributed by atoms with Gasteiger partial charge < -0.3 is 24.3 Å². The smallest absolute Gasteiger partial charge is 0.263 e. The molecule has 158 valence electrons. The first-order valence-electron chi connectivity index (χ1n) is 9.02. The van der Waals surface area contributed by atoms with Crippen molar-refractivity contribution in [2.45, 2.75) is 6.42 Å². The predicted molar refractivity (Wildman–Crippen MR) is 123 cm³/mol. The number of thioether (sulfide) groups is 1. The lowest BCUT2D eigenvalue weighted by Crippen LogP contribution is -2.17. The van der Waals surface area contributed by atoms with Gasteiger partial charge in [0.25, 0.3) is 5.91 Å². The Kier molecular flexibility index (Phi) is 7.84. The highest BCUT2D eigenvalue weighted by Gasteiger charge is 2.22. The fraction of sp³-hybridized carbons (Fsp3) is 0.238. The number of amides is 1. The highest BCUT2D eigenvalue weighted by atomic mass is 35.5. The minimum Gasteiger partial charge on any atom is -0.497 e. The molecule has 9 heteroatoms. The fourth-order valence-corrected chi connectivity index (χ4v) is 3.97. The maximum atomic E-state index is 11.8. The van der Waals surface area contributed by atoms with Crippen LogP contribution < -0.4 is 24.3 Å². The van der Waals surface area contributed by atoms with Gasteiger partial charge in [-0.25, -0.2) is 0 Å². The normalized spacial score (nSPS) is 14.6. The van der Waals surface area contributed by atoms with Gasteiger partial charge in [0.15, 0.2) is 11.5 Å². The molecule has 0 atom stereocenters. The standard InChI is InChI=1S/C21H20ClNO5S2/c1-25-14-5-3-6-15(12-14)27-7-4-8-28-19-16(22)9-13(10-17(19)26-2)11-18-20(24)23-21(29)30-18/h3,5-6,9-12H,4,7-8H2,1-2H3,(H,23,24,29). The zero-order valence-corrected chi connectivity index (χ0v) is 18.8. The second-order valence-electron chi connectivity index (χ2n) is 6.12. The lowest BCUT2D eigenvalue weighted by atomic mass is 10.2. The van der Waals surface area contributed by atoms with Crippen LogP contribution in [0.25, 0.3) is 6.08 Å². The first-order chi connectivity index (χ1) is 14.5. The molecule has 2 aromatic rings. The quantitative estimate of drug-likeness (QED) is 0.327. The van der Waals surface area contributed by atoms with Crippen LogP contribution in [0.3, 0.4) is 0 Å². The number of benzene rings is 2. The van der Waals surface area contributed by atoms with E-state index in [0.29, 0.717) is 50.9 Å². The molecule has 2 aromatic carbocycles. The summed E-state index contributed by atoms with van der Waals surface area (Å²) >= 11 is 12.6. The van der Waals surface area contributed by atoms with Gasteiger partial charge in [-0.3, -0.25) is 4.79 Å². The number of hydrogen-bond acceptors (Lipinski definition) is 7. The minimum atomic E-state index is -0.226. The third kappa shape index (κ3) is 5.81. The molecule has 1 aliphatic rings. The molecule has 6 nitrogen and oxygen atoms in total. The molecule has 0 unspecified atom stereocenters. The average Bonchev–Trinajstić information content (AvgIpc) is 3.05. The van der Waals surface area contributed by atoms with E-state index in [1.165, 1.54) is 18.9 Å². The van der Waals surface area contributed by atoms with Crippen LogP contribution in [0, 0.1) is 0 Å². The summed E-state index contributed by atoms with van der Waals surface area (Å²) in [6.45, 7) is 0.872. The SMILES string of the molecule is COc1cccc(OCCCOc2c(Cl)cc(C=C3SC(=S)NC3=O)cc2OC)c1. The number of hydrogen-bond donors (Lipinski definition) is 1. The van der Waals surface area contributed by atoms with Gasteiger partial charge in [-0.05, 0) is 35.9 Å². The summed E-state index contributed by atoms with van der Waals surface area (Å²) in [6.07, 6.45) is 2.36. The van der Waals surface area contributed by atoms with Crippen LogP contribution in [0.2, 0.25) is 5.02 Å². The van der Waals surface area contributed by atoms with E-state index in [4.69, 9.17) is 42.8 Å². The van der Waals surface area contributed by atoms with Gasteiger partial charge in [0.1, 0.15) is 15.8 Å². The van der Waals surface area contributed by atoms with Gasteiger partial charge in [0, 0.05) is 12.5 Å². The van der Waals surface area contributed by atoms with E-state index < -0.39 is 0 Å². The van der Waals surface area contributed by atoms with Gasteiger partial charge in [-0.1, -0.05) is 41.6 Å². The van der Waals surface area contributed by atoms with Gasteiger partial charge >= 0.3 is 0 Å². The van der Waals surface area contributed by atoms with Crippen molar-refractivity contribution >= 4 is 51.9 Å². The van der Waals surface area contributed by atoms with Crippen LogP contribution in [-0.4, -0.2) is 37.7 Å². The summed E-state index contributed by atoms with van der Waals surface area (Å²) in [5.41, 5.74) is 0.716. The van der Waals surface area contributed by atoms with Crippen LogP contribution in [0.1, 0.15) is 12.0 Å². The van der Waals surface area contributed by atoms with Crippen LogP contribution in [0.15, 0.2) is 41.3 Å². The molecule has 0 saturated carbocycles. The third-order valence-electron chi connectivity index (χ3n) is 4.04. The highest BCUT2D eigenvalue weighted by molar-refractivity contribution is 8.26. The molecule has 1 heterocycles. The maximum absolute atomic E-state index is 11.8. The summed E-state index contributed by atoms with van der Waals surface area (Å²) in [6, 6.07) is 10.9. The number of thiocarbonyl (C=S) groups is 1. The molecule has 0 radical (unpaired) electrons. The predicted octanol–water partition coefficient (Wildman–Crippen LogP) is 4.69. The molecular weight excluding hydrogens is 446 g/mol. The lowest BCUT2D eigenvalue weighted by Gasteiger charge is -2.14. The van der Waals surface area contributed by atoms with Crippen molar-refractivity contribution in [1.29, 1.82) is 0 Å². The Balaban J connectivity index is 1.58. The summed E-state index contributed by atoms with van der Waals surface area (Å²) in [5, 5.41) is 2.97. The maximum Gasteiger partial charge on any atom is 0.263 e. The van der Waals surface area contributed by atoms with E-state index in [9.17, 15) is 4.79 Å². The lowest BCUT2D eigenvalue weighted by molar-refractivity contribution is -0.115. The number of rotatable bonds is 9. The van der Waals surface area contributed by atoms with Crippen LogP contribution >= 0.6 is 35.6 Å². The molecule has 30 heavy (non-hydrogen) atoms. The Hall–Kier alpha value is -2.42. The Morgan fingerprint density at radius 3 is 2.57 bits per heavy atom. The van der Waals surface area contributed by atoms with Crippen molar-refractivity contribution in [2.24, 2.45) is 0 Å². The minimum absolute atomic E-state index is 0.226. The fourth-order valence-electron chi connectivity index (χ4n) is 2.65. The van der Waals surface area contributed by atoms with Crippen LogP contribution in [-0.2, 0) is 4.79 Å². The Bertz CT molecular complexity index is 980. The third-order valence-corrected chi connectivity index (χ3v) is 5.48. The largest absolute Gasteiger partial charge is 0.497 e. The number of halogens is 1. The van der Waals surface area contributed by atoms with Gasteiger partial charge in [-0.15, -0.1) is 0 Å². The number of ether oxygens (including phenoxy) is 4. The number of methoxy groups -OCH3 is 2. The molecule has 0 aliphatic carbocycles. The van der Waals surface area contributed by atoms with Crippen molar-refractivity contribution in [3.8, 4) is 23.0 Å². The molecule has 1 aliphatic heterocycles. The van der Waals surface area contributed by atoms with Crippen molar-refractivity contribution < 1.29 is 23.7 Å². The molecular formula is C21H20ClNO5S2. The van der Waals surface area contributed by atoms with Crippen LogP contribution in [0.4, 0.5) is 0 Å². The molecule has 3 rings (SSSR count). The number of nitrogens with one attached hydrogen (secondary N) is 1. The molecule has 0 bridgehead atoms. The number of carbonyl (C=O) groups excluding carboxylic acids is 1. The van der Waals surface area contributed by atoms with E-state index in [1.54, 1.807) is 25.3 Å². The van der Waals surface area contributed by atoms with Gasteiger partial charge in [0.05, 0.1) is 37.4 Å². The van der Waals surface area contributed by atoms with Crippen LogP contribution in [0.5, 0.6) is 23.0 Å². The molecule has 1 N–H and O–H groups in total. The molecule has 0 aromatic heterocycles. The summed E-state index contributed by atoms with van der Waals surface area (Å²) < 4.78 is 22.5. The van der Waals surface area contributed by atoms with E-state index in [-0.39, 0.29) is 5.91 Å². The van der Waals surface area contributed by atoms with Crippen molar-refractivity contribution in [2.75, 3.05) is 27.4 Å². The van der Waals surface area contributed by atoms with Crippen molar-refractivity contribution in [1.82, 2.24) is 5.32 Å². The Labute approximate surface area is 189 Å². The first-order valence-corrected chi connectivity index (χ1v) is 10.6. The highest BCUT2D eigenvalue weighted by Crippen LogP contribution is 2.38. The zero-order chi connectivity index (χ0) is 21.5. The molecule has 1 fully saturated rings. The second kappa shape index (κ2) is 10.6. The first kappa shape index (κ1) is 22.3. The molecule has 1 saturated heterocycles. The molecule has 1 amide bonds. The van der Waals surface area contributed by atoms with E-state index in [2.05, 4.69) is 5.32 Å². The average molecular weight is 466 g/mol. The summed E-state index contributed by atoms with van der Waals surface area (Å²) in [5.74, 6) is 2.17. The van der Waals surface area contributed by atoms with E-state index >= 15 is 0 Å². The second-order valence-corrected chi connectivity index (χ2v) is 8.24. The molecule has 0 spiro atoms. The summed E-state index contributed by atoms with van der Waals surface area (Å²) in [4.78, 5) is 12.3. The van der Waals surface area contributed by atoms with Gasteiger partial charge in [-0.2, -0.15) is 0 Å². The summed E-state index contributed by atoms with van der Waals surface area (Å²) in [7, 11) is 3.15. The van der Waals surface area contributed by atoms with Crippen molar-refractivity contribution in [3.05, 3.63) is 51.9 Å². The topological polar surface area (TPSA) is 66.0 Å². The van der Waals surface area contributed by atoms with Gasteiger partial charge in [0.2, 0.25) is 0 Å². The Morgan fingerprint density at radius 1 is 1.10 bits per heavy atom. The monoisotopic (exact) mass is 465 g/mol. The zero-order valence-electron chi connectivity index (χ0n) is 16.4. The van der Waals surface area contributed by atoms with Crippen molar-refractivity contribution in [3.63, 3.8) is 0 Å². The van der Waals surface area contributed by atoms with E-state index in [0.717, 1.165) is 11.5 Å².